The first kappa shape index (κ1) is 15.7. The van der Waals surface area contributed by atoms with Crippen molar-refractivity contribution >= 4 is 21.6 Å². The number of aliphatic hydroxyl groups is 1. The highest BCUT2D eigenvalue weighted by atomic mass is 35.5. The number of benzene rings is 1. The Hall–Kier alpha value is -0.660. The molecule has 0 saturated carbocycles. The Morgan fingerprint density at radius 2 is 2.00 bits per heavy atom. The van der Waals surface area contributed by atoms with E-state index in [0.717, 1.165) is 5.56 Å². The van der Waals surface area contributed by atoms with Gasteiger partial charge in [-0.25, -0.2) is 8.42 Å². The van der Waals surface area contributed by atoms with Crippen molar-refractivity contribution in [2.45, 2.75) is 24.3 Å². The largest absolute Gasteiger partial charge is 0.396 e. The monoisotopic (exact) mass is 318 g/mol. The molecule has 1 saturated heterocycles. The molecule has 2 rings (SSSR count). The summed E-state index contributed by atoms with van der Waals surface area (Å²) in [5, 5.41) is 9.47. The molecule has 1 fully saturated rings. The number of hydrogen-bond acceptors (Lipinski definition) is 4. The van der Waals surface area contributed by atoms with Crippen molar-refractivity contribution in [2.24, 2.45) is 11.7 Å². The Kier molecular flexibility index (Phi) is 5.04. The third-order valence-corrected chi connectivity index (χ3v) is 5.96. The van der Waals surface area contributed by atoms with E-state index in [-0.39, 0.29) is 24.0 Å². The summed E-state index contributed by atoms with van der Waals surface area (Å²) in [7, 11) is -3.51. The number of halogens is 1. The van der Waals surface area contributed by atoms with Crippen LogP contribution in [-0.2, 0) is 16.6 Å². The fourth-order valence-corrected chi connectivity index (χ4v) is 4.15. The Morgan fingerprint density at radius 1 is 1.35 bits per heavy atom. The van der Waals surface area contributed by atoms with Gasteiger partial charge < -0.3 is 10.8 Å². The molecule has 3 N–H and O–H groups in total. The van der Waals surface area contributed by atoms with Gasteiger partial charge in [-0.3, -0.25) is 0 Å². The first-order valence-electron chi connectivity index (χ1n) is 6.58. The number of sulfonamides is 1. The maximum atomic E-state index is 12.5. The Balaban J connectivity index is 2.20. The predicted molar refractivity (Wildman–Crippen MR) is 77.9 cm³/mol. The van der Waals surface area contributed by atoms with Gasteiger partial charge in [0.05, 0.1) is 4.90 Å². The molecule has 0 amide bonds. The summed E-state index contributed by atoms with van der Waals surface area (Å²) in [6.07, 6.45) is 1.37. The third kappa shape index (κ3) is 3.15. The molecule has 0 aliphatic carbocycles. The van der Waals surface area contributed by atoms with Crippen LogP contribution >= 0.6 is 11.6 Å². The summed E-state index contributed by atoms with van der Waals surface area (Å²) >= 11 is 6.02. The first-order chi connectivity index (χ1) is 9.48. The van der Waals surface area contributed by atoms with E-state index < -0.39 is 10.0 Å². The molecule has 7 heteroatoms. The Morgan fingerprint density at radius 3 is 2.50 bits per heavy atom. The molecule has 0 unspecified atom stereocenters. The van der Waals surface area contributed by atoms with Crippen LogP contribution in [0.25, 0.3) is 0 Å². The SMILES string of the molecule is NCc1ccc(S(=O)(=O)N2CCC(CO)CC2)cc1Cl. The summed E-state index contributed by atoms with van der Waals surface area (Å²) < 4.78 is 26.5. The van der Waals surface area contributed by atoms with Crippen molar-refractivity contribution in [2.75, 3.05) is 19.7 Å². The van der Waals surface area contributed by atoms with Gasteiger partial charge in [-0.05, 0) is 36.5 Å². The van der Waals surface area contributed by atoms with Crippen molar-refractivity contribution in [1.29, 1.82) is 0 Å². The zero-order chi connectivity index (χ0) is 14.8. The normalized spacial score (nSPS) is 18.4. The van der Waals surface area contributed by atoms with Crippen molar-refractivity contribution in [3.8, 4) is 0 Å². The summed E-state index contributed by atoms with van der Waals surface area (Å²) in [5.41, 5.74) is 6.24. The molecule has 1 heterocycles. The molecular weight excluding hydrogens is 300 g/mol. The minimum atomic E-state index is -3.51. The van der Waals surface area contributed by atoms with Gasteiger partial charge in [0.25, 0.3) is 0 Å². The van der Waals surface area contributed by atoms with E-state index in [2.05, 4.69) is 0 Å². The molecule has 0 aromatic heterocycles. The van der Waals surface area contributed by atoms with Crippen molar-refractivity contribution in [1.82, 2.24) is 4.31 Å². The number of piperidine rings is 1. The summed E-state index contributed by atoms with van der Waals surface area (Å²) in [6.45, 7) is 1.26. The van der Waals surface area contributed by atoms with Crippen LogP contribution in [0.2, 0.25) is 5.02 Å². The van der Waals surface area contributed by atoms with Crippen molar-refractivity contribution in [3.05, 3.63) is 28.8 Å². The number of nitrogens with two attached hydrogens (primary N) is 1. The summed E-state index contributed by atoms with van der Waals surface area (Å²) in [6, 6.07) is 4.65. The molecule has 1 aliphatic rings. The zero-order valence-electron chi connectivity index (χ0n) is 11.1. The maximum Gasteiger partial charge on any atom is 0.243 e. The van der Waals surface area contributed by atoms with Crippen LogP contribution in [0.4, 0.5) is 0 Å². The van der Waals surface area contributed by atoms with Crippen molar-refractivity contribution < 1.29 is 13.5 Å². The average molecular weight is 319 g/mol. The first-order valence-corrected chi connectivity index (χ1v) is 8.40. The standard InChI is InChI=1S/C13H19ClN2O3S/c14-13-7-12(2-1-11(13)8-15)20(18,19)16-5-3-10(9-17)4-6-16/h1-2,7,10,17H,3-6,8-9,15H2. The minimum absolute atomic E-state index is 0.116. The fourth-order valence-electron chi connectivity index (χ4n) is 2.34. The lowest BCUT2D eigenvalue weighted by molar-refractivity contribution is 0.170. The van der Waals surface area contributed by atoms with Gasteiger partial charge in [-0.2, -0.15) is 4.31 Å². The zero-order valence-corrected chi connectivity index (χ0v) is 12.7. The third-order valence-electron chi connectivity index (χ3n) is 3.71. The highest BCUT2D eigenvalue weighted by Crippen LogP contribution is 2.26. The van der Waals surface area contributed by atoms with Crippen LogP contribution in [0, 0.1) is 5.92 Å². The van der Waals surface area contributed by atoms with Gasteiger partial charge in [-0.1, -0.05) is 17.7 Å². The van der Waals surface area contributed by atoms with Gasteiger partial charge in [0.15, 0.2) is 0 Å². The van der Waals surface area contributed by atoms with Crippen LogP contribution in [0.5, 0.6) is 0 Å². The lowest BCUT2D eigenvalue weighted by Crippen LogP contribution is -2.39. The van der Waals surface area contributed by atoms with E-state index in [9.17, 15) is 8.42 Å². The molecule has 0 radical (unpaired) electrons. The van der Waals surface area contributed by atoms with Gasteiger partial charge in [0.1, 0.15) is 0 Å². The fraction of sp³-hybridized carbons (Fsp3) is 0.538. The molecule has 5 nitrogen and oxygen atoms in total. The number of rotatable bonds is 4. The summed E-state index contributed by atoms with van der Waals surface area (Å²) in [5.74, 6) is 0.199. The number of hydrogen-bond donors (Lipinski definition) is 2. The topological polar surface area (TPSA) is 83.6 Å². The van der Waals surface area contributed by atoms with Crippen LogP contribution < -0.4 is 5.73 Å². The number of aliphatic hydroxyl groups excluding tert-OH is 1. The molecular formula is C13H19ClN2O3S. The van der Waals surface area contributed by atoms with Crippen LogP contribution in [0.1, 0.15) is 18.4 Å². The van der Waals surface area contributed by atoms with Gasteiger partial charge in [-0.15, -0.1) is 0 Å². The smallest absolute Gasteiger partial charge is 0.243 e. The lowest BCUT2D eigenvalue weighted by atomic mass is 10.00. The molecule has 20 heavy (non-hydrogen) atoms. The van der Waals surface area contributed by atoms with Gasteiger partial charge in [0.2, 0.25) is 10.0 Å². The summed E-state index contributed by atoms with van der Waals surface area (Å²) in [4.78, 5) is 0.196. The van der Waals surface area contributed by atoms with E-state index in [1.807, 2.05) is 0 Å². The van der Waals surface area contributed by atoms with E-state index in [1.54, 1.807) is 12.1 Å². The molecule has 1 aromatic rings. The molecule has 0 atom stereocenters. The molecule has 1 aromatic carbocycles. The van der Waals surface area contributed by atoms with Gasteiger partial charge >= 0.3 is 0 Å². The van der Waals surface area contributed by atoms with E-state index >= 15 is 0 Å². The highest BCUT2D eigenvalue weighted by molar-refractivity contribution is 7.89. The molecule has 112 valence electrons. The molecule has 0 bridgehead atoms. The second-order valence-electron chi connectivity index (χ2n) is 4.99. The van der Waals surface area contributed by atoms with Crippen LogP contribution in [0.3, 0.4) is 0 Å². The van der Waals surface area contributed by atoms with E-state index in [1.165, 1.54) is 10.4 Å². The predicted octanol–water partition coefficient (Wildman–Crippen LogP) is 1.19. The maximum absolute atomic E-state index is 12.5. The number of nitrogens with zero attached hydrogens (tertiary/aromatic N) is 1. The molecule has 1 aliphatic heterocycles. The quantitative estimate of drug-likeness (QED) is 0.873. The minimum Gasteiger partial charge on any atom is -0.396 e. The Bertz CT molecular complexity index is 569. The van der Waals surface area contributed by atoms with Gasteiger partial charge in [0, 0.05) is 31.3 Å². The highest BCUT2D eigenvalue weighted by Gasteiger charge is 2.29. The van der Waals surface area contributed by atoms with Crippen molar-refractivity contribution in [3.63, 3.8) is 0 Å². The molecule has 0 spiro atoms. The second kappa shape index (κ2) is 6.41. The average Bonchev–Trinajstić information content (AvgIpc) is 2.47. The second-order valence-corrected chi connectivity index (χ2v) is 7.33. The van der Waals surface area contributed by atoms with Crippen LogP contribution in [0.15, 0.2) is 23.1 Å². The van der Waals surface area contributed by atoms with E-state index in [0.29, 0.717) is 31.0 Å². The van der Waals surface area contributed by atoms with E-state index in [4.69, 9.17) is 22.4 Å². The van der Waals surface area contributed by atoms with Crippen LogP contribution in [-0.4, -0.2) is 37.5 Å². The lowest BCUT2D eigenvalue weighted by Gasteiger charge is -2.30. The Labute approximate surface area is 124 Å².